The monoisotopic (exact) mass is 226 g/mol. The zero-order valence-corrected chi connectivity index (χ0v) is 8.38. The lowest BCUT2D eigenvalue weighted by molar-refractivity contribution is 0.0596. The molecule has 0 aliphatic carbocycles. The summed E-state index contributed by atoms with van der Waals surface area (Å²) in [5, 5.41) is 0.893. The first-order chi connectivity index (χ1) is 5.92. The number of hydrogen-bond acceptors (Lipinski definition) is 1. The third-order valence-electron chi connectivity index (χ3n) is 2.23. The summed E-state index contributed by atoms with van der Waals surface area (Å²) in [6.45, 7) is 0.854. The van der Waals surface area contributed by atoms with Crippen molar-refractivity contribution < 1.29 is 4.74 Å². The van der Waals surface area contributed by atoms with Crippen molar-refractivity contribution in [2.45, 2.75) is 12.5 Å². The second-order valence-electron chi connectivity index (χ2n) is 2.96. The first-order valence-electron chi connectivity index (χ1n) is 4.17. The van der Waals surface area contributed by atoms with Gasteiger partial charge in [-0.15, -0.1) is 0 Å². The van der Waals surface area contributed by atoms with Gasteiger partial charge in [-0.2, -0.15) is 0 Å². The van der Waals surface area contributed by atoms with Crippen LogP contribution in [0.2, 0.25) is 0 Å². The highest BCUT2D eigenvalue weighted by Crippen LogP contribution is 2.27. The molecule has 0 bridgehead atoms. The van der Waals surface area contributed by atoms with Gasteiger partial charge in [0.05, 0.1) is 12.7 Å². The van der Waals surface area contributed by atoms with E-state index in [1.807, 2.05) is 0 Å². The molecule has 0 aromatic heterocycles. The summed E-state index contributed by atoms with van der Waals surface area (Å²) in [5.41, 5.74) is 2.79. The van der Waals surface area contributed by atoms with E-state index >= 15 is 0 Å². The number of ether oxygens (including phenoxy) is 1. The van der Waals surface area contributed by atoms with Crippen LogP contribution in [-0.2, 0) is 11.2 Å². The molecule has 0 saturated heterocycles. The van der Waals surface area contributed by atoms with Gasteiger partial charge in [-0.05, 0) is 17.5 Å². The average molecular weight is 227 g/mol. The molecule has 0 spiro atoms. The molecule has 0 amide bonds. The fourth-order valence-electron chi connectivity index (χ4n) is 1.60. The molecule has 0 N–H and O–H groups in total. The van der Waals surface area contributed by atoms with E-state index in [1.165, 1.54) is 11.1 Å². The lowest BCUT2D eigenvalue weighted by Crippen LogP contribution is -2.16. The van der Waals surface area contributed by atoms with Crippen LogP contribution in [0, 0.1) is 0 Å². The minimum Gasteiger partial charge on any atom is -0.372 e. The van der Waals surface area contributed by atoms with E-state index in [0.717, 1.165) is 18.4 Å². The Balaban J connectivity index is 2.37. The second-order valence-corrected chi connectivity index (χ2v) is 3.61. The quantitative estimate of drug-likeness (QED) is 0.670. The van der Waals surface area contributed by atoms with Crippen LogP contribution in [0.4, 0.5) is 0 Å². The number of alkyl halides is 1. The molecule has 0 fully saturated rings. The molecule has 1 aliphatic heterocycles. The molecule has 64 valence electrons. The van der Waals surface area contributed by atoms with Crippen LogP contribution in [0.15, 0.2) is 24.3 Å². The summed E-state index contributed by atoms with van der Waals surface area (Å²) in [7, 11) is 0. The van der Waals surface area contributed by atoms with Crippen LogP contribution in [-0.4, -0.2) is 11.9 Å². The Labute approximate surface area is 80.9 Å². The topological polar surface area (TPSA) is 9.23 Å². The third-order valence-corrected chi connectivity index (χ3v) is 2.82. The summed E-state index contributed by atoms with van der Waals surface area (Å²) in [4.78, 5) is 0. The lowest BCUT2D eigenvalue weighted by atomic mass is 9.99. The summed E-state index contributed by atoms with van der Waals surface area (Å²) < 4.78 is 5.61. The Kier molecular flexibility index (Phi) is 2.47. The fourth-order valence-corrected chi connectivity index (χ4v) is 2.14. The molecular formula is C10H11BrO. The zero-order valence-electron chi connectivity index (χ0n) is 6.79. The Morgan fingerprint density at radius 3 is 3.08 bits per heavy atom. The highest BCUT2D eigenvalue weighted by Gasteiger charge is 2.18. The van der Waals surface area contributed by atoms with Crippen molar-refractivity contribution in [1.82, 2.24) is 0 Å². The van der Waals surface area contributed by atoms with Crippen molar-refractivity contribution in [3.8, 4) is 0 Å². The number of halogens is 1. The van der Waals surface area contributed by atoms with Gasteiger partial charge in [0.25, 0.3) is 0 Å². The average Bonchev–Trinajstić information content (AvgIpc) is 2.17. The van der Waals surface area contributed by atoms with Gasteiger partial charge >= 0.3 is 0 Å². The standard InChI is InChI=1S/C10H11BrO/c11-7-10-9-4-2-1-3-8(9)5-6-12-10/h1-4,10H,5-7H2/t10-/m0/s1. The maximum Gasteiger partial charge on any atom is 0.0924 e. The Morgan fingerprint density at radius 2 is 2.25 bits per heavy atom. The second kappa shape index (κ2) is 3.58. The molecule has 1 aromatic carbocycles. The predicted octanol–water partition coefficient (Wildman–Crippen LogP) is 2.70. The highest BCUT2D eigenvalue weighted by molar-refractivity contribution is 9.09. The van der Waals surface area contributed by atoms with Crippen molar-refractivity contribution in [3.05, 3.63) is 35.4 Å². The molecular weight excluding hydrogens is 216 g/mol. The molecule has 0 saturated carbocycles. The minimum absolute atomic E-state index is 0.259. The SMILES string of the molecule is BrC[C@@H]1OCCc2ccccc21. The van der Waals surface area contributed by atoms with E-state index in [9.17, 15) is 0 Å². The molecule has 0 unspecified atom stereocenters. The number of fused-ring (bicyclic) bond motifs is 1. The van der Waals surface area contributed by atoms with Gasteiger partial charge in [-0.3, -0.25) is 0 Å². The first kappa shape index (κ1) is 8.27. The zero-order chi connectivity index (χ0) is 8.39. The van der Waals surface area contributed by atoms with E-state index in [0.29, 0.717) is 0 Å². The summed E-state index contributed by atoms with van der Waals surface area (Å²) >= 11 is 3.46. The molecule has 1 nitrogen and oxygen atoms in total. The highest BCUT2D eigenvalue weighted by atomic mass is 79.9. The van der Waals surface area contributed by atoms with Gasteiger partial charge in [0.1, 0.15) is 0 Å². The number of benzene rings is 1. The molecule has 2 heteroatoms. The molecule has 1 atom stereocenters. The summed E-state index contributed by atoms with van der Waals surface area (Å²) in [6, 6.07) is 8.51. The maximum absolute atomic E-state index is 5.61. The van der Waals surface area contributed by atoms with E-state index in [2.05, 4.69) is 40.2 Å². The summed E-state index contributed by atoms with van der Waals surface area (Å²) in [6.07, 6.45) is 1.31. The van der Waals surface area contributed by atoms with Gasteiger partial charge in [-0.25, -0.2) is 0 Å². The van der Waals surface area contributed by atoms with Gasteiger partial charge in [0.2, 0.25) is 0 Å². The van der Waals surface area contributed by atoms with Crippen molar-refractivity contribution in [2.24, 2.45) is 0 Å². The third kappa shape index (κ3) is 1.41. The van der Waals surface area contributed by atoms with Gasteiger partial charge in [-0.1, -0.05) is 40.2 Å². The van der Waals surface area contributed by atoms with E-state index < -0.39 is 0 Å². The molecule has 2 rings (SSSR count). The van der Waals surface area contributed by atoms with Crippen molar-refractivity contribution in [1.29, 1.82) is 0 Å². The molecule has 12 heavy (non-hydrogen) atoms. The van der Waals surface area contributed by atoms with Crippen molar-refractivity contribution in [3.63, 3.8) is 0 Å². The van der Waals surface area contributed by atoms with Crippen LogP contribution in [0.5, 0.6) is 0 Å². The normalized spacial score (nSPS) is 21.9. The number of rotatable bonds is 1. The fraction of sp³-hybridized carbons (Fsp3) is 0.400. The van der Waals surface area contributed by atoms with Crippen LogP contribution in [0.3, 0.4) is 0 Å². The molecule has 0 radical (unpaired) electrons. The Morgan fingerprint density at radius 1 is 1.42 bits per heavy atom. The van der Waals surface area contributed by atoms with Gasteiger partial charge in [0, 0.05) is 5.33 Å². The lowest BCUT2D eigenvalue weighted by Gasteiger charge is -2.24. The van der Waals surface area contributed by atoms with E-state index in [1.54, 1.807) is 0 Å². The summed E-state index contributed by atoms with van der Waals surface area (Å²) in [5.74, 6) is 0. The van der Waals surface area contributed by atoms with Crippen LogP contribution in [0.1, 0.15) is 17.2 Å². The van der Waals surface area contributed by atoms with Crippen molar-refractivity contribution in [2.75, 3.05) is 11.9 Å². The molecule has 1 aliphatic rings. The van der Waals surface area contributed by atoms with Crippen molar-refractivity contribution >= 4 is 15.9 Å². The Bertz CT molecular complexity index is 272. The van der Waals surface area contributed by atoms with Crippen LogP contribution >= 0.6 is 15.9 Å². The Hall–Kier alpha value is -0.340. The van der Waals surface area contributed by atoms with Gasteiger partial charge < -0.3 is 4.74 Å². The van der Waals surface area contributed by atoms with Crippen LogP contribution in [0.25, 0.3) is 0 Å². The minimum atomic E-state index is 0.259. The predicted molar refractivity (Wildman–Crippen MR) is 52.6 cm³/mol. The largest absolute Gasteiger partial charge is 0.372 e. The first-order valence-corrected chi connectivity index (χ1v) is 5.29. The smallest absolute Gasteiger partial charge is 0.0924 e. The number of hydrogen-bond donors (Lipinski definition) is 0. The molecule has 1 heterocycles. The maximum atomic E-state index is 5.61. The molecule has 1 aromatic rings. The van der Waals surface area contributed by atoms with E-state index in [4.69, 9.17) is 4.74 Å². The van der Waals surface area contributed by atoms with Crippen LogP contribution < -0.4 is 0 Å². The van der Waals surface area contributed by atoms with Gasteiger partial charge in [0.15, 0.2) is 0 Å². The van der Waals surface area contributed by atoms with E-state index in [-0.39, 0.29) is 6.10 Å².